The number of thiophene rings is 1. The van der Waals surface area contributed by atoms with Gasteiger partial charge < -0.3 is 10.6 Å². The molecule has 1 atom stereocenters. The van der Waals surface area contributed by atoms with Gasteiger partial charge in [-0.2, -0.15) is 0 Å². The molecule has 3 N–H and O–H groups in total. The largest absolute Gasteiger partial charge is 0.323 e. The van der Waals surface area contributed by atoms with Crippen LogP contribution in [0.25, 0.3) is 6.08 Å². The van der Waals surface area contributed by atoms with Crippen LogP contribution in [0.4, 0.5) is 10.5 Å². The number of amides is 4. The Balaban J connectivity index is 1.75. The van der Waals surface area contributed by atoms with Crippen LogP contribution in [-0.2, 0) is 15.1 Å². The fourth-order valence-corrected chi connectivity index (χ4v) is 3.00. The Labute approximate surface area is 142 Å². The molecule has 3 rings (SSSR count). The van der Waals surface area contributed by atoms with Gasteiger partial charge in [0.25, 0.3) is 5.91 Å². The predicted molar refractivity (Wildman–Crippen MR) is 92.5 cm³/mol. The number of imide groups is 1. The van der Waals surface area contributed by atoms with Crippen LogP contribution in [0, 0.1) is 0 Å². The first-order chi connectivity index (χ1) is 11.5. The maximum atomic E-state index is 12.0. The average molecular weight is 341 g/mol. The summed E-state index contributed by atoms with van der Waals surface area (Å²) in [6.45, 7) is 1.62. The van der Waals surface area contributed by atoms with E-state index in [2.05, 4.69) is 16.0 Å². The highest BCUT2D eigenvalue weighted by molar-refractivity contribution is 7.10. The standard InChI is InChI=1S/C17H15N3O3S/c1-17(15(22)19-16(23)20-17)11-4-2-5-12(10-11)18-14(21)8-7-13-6-3-9-24-13/h2-10H,1H3,(H,18,21)(H2,19,20,22,23). The van der Waals surface area contributed by atoms with Crippen LogP contribution in [0.15, 0.2) is 47.9 Å². The van der Waals surface area contributed by atoms with Gasteiger partial charge in [0.15, 0.2) is 0 Å². The van der Waals surface area contributed by atoms with Gasteiger partial charge in [-0.15, -0.1) is 11.3 Å². The second kappa shape index (κ2) is 6.29. The number of hydrogen-bond acceptors (Lipinski definition) is 4. The summed E-state index contributed by atoms with van der Waals surface area (Å²) in [5.41, 5.74) is -0.0145. The molecule has 0 aliphatic carbocycles. The summed E-state index contributed by atoms with van der Waals surface area (Å²) < 4.78 is 0. The van der Waals surface area contributed by atoms with Crippen LogP contribution in [0.5, 0.6) is 0 Å². The SMILES string of the molecule is CC1(c2cccc(NC(=O)C=Cc3cccs3)c2)NC(=O)NC1=O. The van der Waals surface area contributed by atoms with Crippen LogP contribution < -0.4 is 16.0 Å². The zero-order valence-corrected chi connectivity index (χ0v) is 13.6. The van der Waals surface area contributed by atoms with Crippen LogP contribution in [0.3, 0.4) is 0 Å². The number of carbonyl (C=O) groups excluding carboxylic acids is 3. The smallest absolute Gasteiger partial charge is 0.322 e. The van der Waals surface area contributed by atoms with E-state index in [0.717, 1.165) is 4.88 Å². The number of rotatable bonds is 4. The summed E-state index contributed by atoms with van der Waals surface area (Å²) in [5, 5.41) is 9.49. The second-order valence-electron chi connectivity index (χ2n) is 5.45. The molecule has 1 aromatic carbocycles. The molecule has 24 heavy (non-hydrogen) atoms. The molecule has 2 heterocycles. The highest BCUT2D eigenvalue weighted by Gasteiger charge is 2.43. The molecular formula is C17H15N3O3S. The van der Waals surface area contributed by atoms with Gasteiger partial charge in [-0.1, -0.05) is 18.2 Å². The lowest BCUT2D eigenvalue weighted by atomic mass is 9.92. The lowest BCUT2D eigenvalue weighted by Gasteiger charge is -2.21. The maximum absolute atomic E-state index is 12.0. The highest BCUT2D eigenvalue weighted by Crippen LogP contribution is 2.26. The molecule has 1 unspecified atom stereocenters. The molecule has 6 nitrogen and oxygen atoms in total. The van der Waals surface area contributed by atoms with Crippen molar-refractivity contribution in [3.8, 4) is 0 Å². The van der Waals surface area contributed by atoms with Crippen molar-refractivity contribution >= 4 is 40.9 Å². The monoisotopic (exact) mass is 341 g/mol. The molecule has 4 amide bonds. The lowest BCUT2D eigenvalue weighted by Crippen LogP contribution is -2.40. The normalized spacial score (nSPS) is 20.0. The first-order valence-corrected chi connectivity index (χ1v) is 8.12. The Kier molecular flexibility index (Phi) is 4.18. The van der Waals surface area contributed by atoms with E-state index in [1.165, 1.54) is 17.4 Å². The van der Waals surface area contributed by atoms with Crippen molar-refractivity contribution in [1.29, 1.82) is 0 Å². The Hall–Kier alpha value is -2.93. The fourth-order valence-electron chi connectivity index (χ4n) is 2.38. The molecule has 0 saturated carbocycles. The van der Waals surface area contributed by atoms with Gasteiger partial charge in [0.1, 0.15) is 5.54 Å². The third-order valence-electron chi connectivity index (χ3n) is 3.69. The Bertz CT molecular complexity index is 829. The van der Waals surface area contributed by atoms with E-state index in [0.29, 0.717) is 11.3 Å². The Morgan fingerprint density at radius 1 is 1.25 bits per heavy atom. The van der Waals surface area contributed by atoms with Crippen molar-refractivity contribution in [3.05, 3.63) is 58.3 Å². The van der Waals surface area contributed by atoms with Gasteiger partial charge in [-0.3, -0.25) is 14.9 Å². The van der Waals surface area contributed by atoms with Crippen LogP contribution in [0.2, 0.25) is 0 Å². The van der Waals surface area contributed by atoms with E-state index < -0.39 is 17.5 Å². The van der Waals surface area contributed by atoms with Crippen molar-refractivity contribution < 1.29 is 14.4 Å². The molecule has 1 aliphatic rings. The minimum atomic E-state index is -1.15. The molecule has 7 heteroatoms. The van der Waals surface area contributed by atoms with Crippen molar-refractivity contribution in [3.63, 3.8) is 0 Å². The van der Waals surface area contributed by atoms with Crippen LogP contribution >= 0.6 is 11.3 Å². The molecule has 0 spiro atoms. The van der Waals surface area contributed by atoms with E-state index in [1.54, 1.807) is 37.3 Å². The molecule has 1 aromatic heterocycles. The van der Waals surface area contributed by atoms with Gasteiger partial charge in [0, 0.05) is 16.6 Å². The van der Waals surface area contributed by atoms with E-state index in [9.17, 15) is 14.4 Å². The molecular weight excluding hydrogens is 326 g/mol. The summed E-state index contributed by atoms with van der Waals surface area (Å²) in [5.74, 6) is -0.695. The van der Waals surface area contributed by atoms with E-state index in [4.69, 9.17) is 0 Å². The Morgan fingerprint density at radius 3 is 2.75 bits per heavy atom. The lowest BCUT2D eigenvalue weighted by molar-refractivity contribution is -0.123. The molecule has 1 aliphatic heterocycles. The number of hydrogen-bond donors (Lipinski definition) is 3. The summed E-state index contributed by atoms with van der Waals surface area (Å²) in [6, 6.07) is 10.1. The Morgan fingerprint density at radius 2 is 2.08 bits per heavy atom. The van der Waals surface area contributed by atoms with Gasteiger partial charge in [0.2, 0.25) is 5.91 Å². The summed E-state index contributed by atoms with van der Waals surface area (Å²) in [7, 11) is 0. The van der Waals surface area contributed by atoms with Gasteiger partial charge in [-0.05, 0) is 42.1 Å². The number of anilines is 1. The van der Waals surface area contributed by atoms with Crippen LogP contribution in [0.1, 0.15) is 17.4 Å². The van der Waals surface area contributed by atoms with Gasteiger partial charge in [0.05, 0.1) is 0 Å². The fraction of sp³-hybridized carbons (Fsp3) is 0.118. The first-order valence-electron chi connectivity index (χ1n) is 7.24. The molecule has 0 radical (unpaired) electrons. The quantitative estimate of drug-likeness (QED) is 0.590. The molecule has 2 aromatic rings. The average Bonchev–Trinajstić information content (AvgIpc) is 3.14. The third kappa shape index (κ3) is 3.21. The van der Waals surface area contributed by atoms with Gasteiger partial charge >= 0.3 is 6.03 Å². The minimum Gasteiger partial charge on any atom is -0.323 e. The zero-order valence-electron chi connectivity index (χ0n) is 12.8. The molecule has 122 valence electrons. The molecule has 1 fully saturated rings. The maximum Gasteiger partial charge on any atom is 0.322 e. The summed E-state index contributed by atoms with van der Waals surface area (Å²) in [6.07, 6.45) is 3.18. The number of urea groups is 1. The minimum absolute atomic E-state index is 0.273. The summed E-state index contributed by atoms with van der Waals surface area (Å²) in [4.78, 5) is 36.3. The third-order valence-corrected chi connectivity index (χ3v) is 4.53. The highest BCUT2D eigenvalue weighted by atomic mass is 32.1. The first kappa shape index (κ1) is 15.9. The number of nitrogens with one attached hydrogen (secondary N) is 3. The van der Waals surface area contributed by atoms with E-state index in [1.807, 2.05) is 17.5 Å². The number of carbonyl (C=O) groups is 3. The van der Waals surface area contributed by atoms with Crippen molar-refractivity contribution in [1.82, 2.24) is 10.6 Å². The van der Waals surface area contributed by atoms with Crippen molar-refractivity contribution in [2.24, 2.45) is 0 Å². The van der Waals surface area contributed by atoms with Crippen molar-refractivity contribution in [2.75, 3.05) is 5.32 Å². The zero-order chi connectivity index (χ0) is 17.2. The topological polar surface area (TPSA) is 87.3 Å². The van der Waals surface area contributed by atoms with E-state index >= 15 is 0 Å². The van der Waals surface area contributed by atoms with Crippen molar-refractivity contribution in [2.45, 2.75) is 12.5 Å². The number of benzene rings is 1. The predicted octanol–water partition coefficient (Wildman–Crippen LogP) is 2.45. The summed E-state index contributed by atoms with van der Waals surface area (Å²) >= 11 is 1.54. The van der Waals surface area contributed by atoms with Gasteiger partial charge in [-0.25, -0.2) is 4.79 Å². The van der Waals surface area contributed by atoms with Crippen LogP contribution in [-0.4, -0.2) is 17.8 Å². The van der Waals surface area contributed by atoms with E-state index in [-0.39, 0.29) is 5.91 Å². The second-order valence-corrected chi connectivity index (χ2v) is 6.43. The molecule has 0 bridgehead atoms. The molecule has 1 saturated heterocycles.